The number of benzene rings is 1. The topological polar surface area (TPSA) is 64.0 Å². The van der Waals surface area contributed by atoms with E-state index in [1.54, 1.807) is 7.05 Å². The van der Waals surface area contributed by atoms with Crippen LogP contribution in [-0.4, -0.2) is 18.2 Å². The first-order valence-electron chi connectivity index (χ1n) is 6.28. The molecule has 0 aliphatic heterocycles. The number of nitrogens with one attached hydrogen (secondary N) is 1. The number of rotatable bonds is 4. The van der Waals surface area contributed by atoms with Crippen LogP contribution in [0.15, 0.2) is 41.6 Å². The molecule has 22 heavy (non-hydrogen) atoms. The van der Waals surface area contributed by atoms with Crippen LogP contribution in [0.4, 0.5) is 13.2 Å². The zero-order chi connectivity index (χ0) is 16.5. The lowest BCUT2D eigenvalue weighted by Crippen LogP contribution is -2.26. The van der Waals surface area contributed by atoms with Gasteiger partial charge in [-0.2, -0.15) is 18.3 Å². The number of hydrogen-bond donors (Lipinski definition) is 1. The number of hydrogen-bond acceptors (Lipinski definition) is 3. The number of nitrogens with zero attached hydrogens (tertiary/aromatic N) is 2. The summed E-state index contributed by atoms with van der Waals surface area (Å²) in [4.78, 5) is -0.0474. The Kier molecular flexibility index (Phi) is 4.30. The van der Waals surface area contributed by atoms with Crippen molar-refractivity contribution >= 4 is 10.0 Å². The van der Waals surface area contributed by atoms with Crippen molar-refractivity contribution in [3.63, 3.8) is 0 Å². The number of aromatic nitrogens is 2. The second kappa shape index (κ2) is 5.73. The van der Waals surface area contributed by atoms with Gasteiger partial charge in [0.2, 0.25) is 10.0 Å². The summed E-state index contributed by atoms with van der Waals surface area (Å²) < 4.78 is 66.0. The third kappa shape index (κ3) is 3.66. The third-order valence-electron chi connectivity index (χ3n) is 3.04. The lowest BCUT2D eigenvalue weighted by molar-refractivity contribution is -0.137. The van der Waals surface area contributed by atoms with Gasteiger partial charge in [-0.1, -0.05) is 12.1 Å². The summed E-state index contributed by atoms with van der Waals surface area (Å²) in [7, 11) is -2.29. The Labute approximate surface area is 125 Å². The molecule has 0 aliphatic carbocycles. The first-order chi connectivity index (χ1) is 10.1. The van der Waals surface area contributed by atoms with E-state index in [4.69, 9.17) is 0 Å². The summed E-state index contributed by atoms with van der Waals surface area (Å²) in [5, 5.41) is 3.76. The molecule has 0 bridgehead atoms. The van der Waals surface area contributed by atoms with E-state index in [1.165, 1.54) is 36.1 Å². The Bertz CT molecular complexity index is 769. The normalized spacial score (nSPS) is 14.0. The van der Waals surface area contributed by atoms with Gasteiger partial charge >= 0.3 is 6.18 Å². The van der Waals surface area contributed by atoms with Crippen molar-refractivity contribution in [1.82, 2.24) is 14.5 Å². The highest BCUT2D eigenvalue weighted by molar-refractivity contribution is 7.89. The van der Waals surface area contributed by atoms with Gasteiger partial charge < -0.3 is 0 Å². The van der Waals surface area contributed by atoms with Crippen molar-refractivity contribution < 1.29 is 21.6 Å². The lowest BCUT2D eigenvalue weighted by Gasteiger charge is -2.15. The van der Waals surface area contributed by atoms with Crippen LogP contribution in [0.2, 0.25) is 0 Å². The number of aryl methyl sites for hydroxylation is 1. The Morgan fingerprint density at radius 3 is 2.55 bits per heavy atom. The van der Waals surface area contributed by atoms with E-state index in [-0.39, 0.29) is 10.5 Å². The minimum absolute atomic E-state index is 0.0474. The Hall–Kier alpha value is -1.87. The first-order valence-corrected chi connectivity index (χ1v) is 7.76. The molecule has 2 rings (SSSR count). The average molecular weight is 333 g/mol. The maximum absolute atomic E-state index is 12.7. The van der Waals surface area contributed by atoms with Crippen LogP contribution in [-0.2, 0) is 23.2 Å². The molecule has 0 amide bonds. The van der Waals surface area contributed by atoms with Gasteiger partial charge in [-0.05, 0) is 24.6 Å². The molecule has 1 aromatic carbocycles. The van der Waals surface area contributed by atoms with Crippen molar-refractivity contribution in [3.8, 4) is 0 Å². The molecule has 0 spiro atoms. The van der Waals surface area contributed by atoms with Crippen molar-refractivity contribution in [1.29, 1.82) is 0 Å². The van der Waals surface area contributed by atoms with Gasteiger partial charge in [-0.25, -0.2) is 13.1 Å². The summed E-state index contributed by atoms with van der Waals surface area (Å²) in [6.07, 6.45) is -2.00. The van der Waals surface area contributed by atoms with E-state index in [9.17, 15) is 21.6 Å². The van der Waals surface area contributed by atoms with Crippen LogP contribution in [0.3, 0.4) is 0 Å². The van der Waals surface area contributed by atoms with E-state index >= 15 is 0 Å². The minimum Gasteiger partial charge on any atom is -0.274 e. The molecule has 0 aliphatic rings. The molecular weight excluding hydrogens is 319 g/mol. The molecular formula is C13H14F3N3O2S. The SMILES string of the molecule is C[C@@H](NS(=O)(=O)c1cnn(C)c1)c1cccc(C(F)(F)F)c1. The van der Waals surface area contributed by atoms with Crippen LogP contribution < -0.4 is 4.72 Å². The second-order valence-electron chi connectivity index (χ2n) is 4.82. The van der Waals surface area contributed by atoms with Gasteiger partial charge in [0.15, 0.2) is 0 Å². The third-order valence-corrected chi connectivity index (χ3v) is 4.53. The molecule has 1 aromatic heterocycles. The molecule has 120 valence electrons. The quantitative estimate of drug-likeness (QED) is 0.935. The predicted molar refractivity (Wildman–Crippen MR) is 73.4 cm³/mol. The molecule has 0 unspecified atom stereocenters. The fraction of sp³-hybridized carbons (Fsp3) is 0.308. The largest absolute Gasteiger partial charge is 0.416 e. The zero-order valence-corrected chi connectivity index (χ0v) is 12.6. The monoisotopic (exact) mass is 333 g/mol. The highest BCUT2D eigenvalue weighted by Gasteiger charge is 2.31. The predicted octanol–water partition coefficient (Wildman–Crippen LogP) is 2.48. The van der Waals surface area contributed by atoms with Gasteiger partial charge in [0.05, 0.1) is 11.8 Å². The summed E-state index contributed by atoms with van der Waals surface area (Å²) in [5.41, 5.74) is -0.597. The van der Waals surface area contributed by atoms with E-state index in [1.807, 2.05) is 0 Å². The van der Waals surface area contributed by atoms with Crippen LogP contribution in [0.5, 0.6) is 0 Å². The fourth-order valence-electron chi connectivity index (χ4n) is 1.89. The Balaban J connectivity index is 2.24. The van der Waals surface area contributed by atoms with Crippen LogP contribution in [0.1, 0.15) is 24.1 Å². The molecule has 0 saturated carbocycles. The van der Waals surface area contributed by atoms with E-state index in [0.717, 1.165) is 12.1 Å². The average Bonchev–Trinajstić information content (AvgIpc) is 2.85. The van der Waals surface area contributed by atoms with Crippen LogP contribution in [0.25, 0.3) is 0 Å². The number of sulfonamides is 1. The number of alkyl halides is 3. The first kappa shape index (κ1) is 16.5. The van der Waals surface area contributed by atoms with Crippen LogP contribution >= 0.6 is 0 Å². The molecule has 1 heterocycles. The minimum atomic E-state index is -4.47. The van der Waals surface area contributed by atoms with E-state index in [0.29, 0.717) is 0 Å². The van der Waals surface area contributed by atoms with Crippen molar-refractivity contribution in [2.75, 3.05) is 0 Å². The molecule has 1 N–H and O–H groups in total. The van der Waals surface area contributed by atoms with Gasteiger partial charge in [-0.3, -0.25) is 4.68 Å². The highest BCUT2D eigenvalue weighted by atomic mass is 32.2. The lowest BCUT2D eigenvalue weighted by atomic mass is 10.1. The summed E-state index contributed by atoms with van der Waals surface area (Å²) in [6, 6.07) is 3.73. The maximum Gasteiger partial charge on any atom is 0.416 e. The number of halogens is 3. The van der Waals surface area contributed by atoms with Gasteiger partial charge in [0.25, 0.3) is 0 Å². The van der Waals surface area contributed by atoms with E-state index < -0.39 is 27.8 Å². The fourth-order valence-corrected chi connectivity index (χ4v) is 3.11. The molecule has 5 nitrogen and oxygen atoms in total. The van der Waals surface area contributed by atoms with Crippen molar-refractivity contribution in [2.45, 2.75) is 24.0 Å². The standard InChI is InChI=1S/C13H14F3N3O2S/c1-9(10-4-3-5-11(6-10)13(14,15)16)18-22(20,21)12-7-17-19(2)8-12/h3-9,18H,1-2H3/t9-/m1/s1. The smallest absolute Gasteiger partial charge is 0.274 e. The second-order valence-corrected chi connectivity index (χ2v) is 6.53. The maximum atomic E-state index is 12.7. The zero-order valence-electron chi connectivity index (χ0n) is 11.8. The molecule has 2 aromatic rings. The summed E-state index contributed by atoms with van der Waals surface area (Å²) >= 11 is 0. The summed E-state index contributed by atoms with van der Waals surface area (Å²) in [5.74, 6) is 0. The molecule has 1 atom stereocenters. The summed E-state index contributed by atoms with van der Waals surface area (Å²) in [6.45, 7) is 1.48. The highest BCUT2D eigenvalue weighted by Crippen LogP contribution is 2.31. The van der Waals surface area contributed by atoms with Crippen molar-refractivity contribution in [2.24, 2.45) is 7.05 Å². The Morgan fingerprint density at radius 1 is 1.32 bits per heavy atom. The molecule has 0 fully saturated rings. The molecule has 0 saturated heterocycles. The molecule has 9 heteroatoms. The van der Waals surface area contributed by atoms with E-state index in [2.05, 4.69) is 9.82 Å². The van der Waals surface area contributed by atoms with Gasteiger partial charge in [0.1, 0.15) is 4.90 Å². The molecule has 0 radical (unpaired) electrons. The van der Waals surface area contributed by atoms with Crippen LogP contribution in [0, 0.1) is 0 Å². The van der Waals surface area contributed by atoms with Gasteiger partial charge in [0, 0.05) is 19.3 Å². The Morgan fingerprint density at radius 2 is 2.00 bits per heavy atom. The van der Waals surface area contributed by atoms with Gasteiger partial charge in [-0.15, -0.1) is 0 Å². The van der Waals surface area contributed by atoms with Crippen molar-refractivity contribution in [3.05, 3.63) is 47.8 Å².